The number of carbonyl (C=O) groups excluding carboxylic acids is 1. The largest absolute Gasteiger partial charge is 0.382 e. The number of amides is 1. The number of rotatable bonds is 4. The SMILES string of the molecule is Cc1ncnc(C)c1C(=O)N1CCC(C)(N2CCC(Nc3ccccc3)CC2)CC1. The van der Waals surface area contributed by atoms with Gasteiger partial charge in [0.15, 0.2) is 0 Å². The first-order chi connectivity index (χ1) is 14.5. The van der Waals surface area contributed by atoms with E-state index in [0.717, 1.165) is 63.3 Å². The van der Waals surface area contributed by atoms with Gasteiger partial charge in [0.2, 0.25) is 0 Å². The van der Waals surface area contributed by atoms with Gasteiger partial charge in [-0.3, -0.25) is 9.69 Å². The van der Waals surface area contributed by atoms with E-state index in [4.69, 9.17) is 0 Å². The fourth-order valence-electron chi connectivity index (χ4n) is 4.90. The van der Waals surface area contributed by atoms with Crippen molar-refractivity contribution in [3.63, 3.8) is 0 Å². The first kappa shape index (κ1) is 20.8. The monoisotopic (exact) mass is 407 g/mol. The van der Waals surface area contributed by atoms with Gasteiger partial charge in [-0.15, -0.1) is 0 Å². The van der Waals surface area contributed by atoms with Crippen LogP contribution in [0.25, 0.3) is 0 Å². The van der Waals surface area contributed by atoms with Crippen molar-refractivity contribution in [2.75, 3.05) is 31.5 Å². The zero-order valence-electron chi connectivity index (χ0n) is 18.4. The summed E-state index contributed by atoms with van der Waals surface area (Å²) in [5.41, 5.74) is 3.60. The van der Waals surface area contributed by atoms with Gasteiger partial charge >= 0.3 is 0 Å². The second kappa shape index (κ2) is 8.72. The van der Waals surface area contributed by atoms with Gasteiger partial charge in [-0.25, -0.2) is 9.97 Å². The average molecular weight is 408 g/mol. The van der Waals surface area contributed by atoms with Gasteiger partial charge in [-0.2, -0.15) is 0 Å². The normalized spacial score (nSPS) is 20.2. The number of nitrogens with one attached hydrogen (secondary N) is 1. The van der Waals surface area contributed by atoms with E-state index in [-0.39, 0.29) is 11.4 Å². The fraction of sp³-hybridized carbons (Fsp3) is 0.542. The molecule has 30 heavy (non-hydrogen) atoms. The maximum Gasteiger partial charge on any atom is 0.257 e. The summed E-state index contributed by atoms with van der Waals surface area (Å²) in [4.78, 5) is 26.2. The minimum Gasteiger partial charge on any atom is -0.382 e. The number of aromatic nitrogens is 2. The van der Waals surface area contributed by atoms with E-state index in [1.165, 1.54) is 12.0 Å². The molecule has 6 heteroatoms. The number of nitrogens with zero attached hydrogens (tertiary/aromatic N) is 4. The lowest BCUT2D eigenvalue weighted by Gasteiger charge is -2.49. The molecule has 6 nitrogen and oxygen atoms in total. The Kier molecular flexibility index (Phi) is 6.04. The van der Waals surface area contributed by atoms with Crippen LogP contribution in [-0.2, 0) is 0 Å². The number of para-hydroxylation sites is 1. The van der Waals surface area contributed by atoms with Crippen molar-refractivity contribution in [3.05, 3.63) is 53.6 Å². The predicted octanol–water partition coefficient (Wildman–Crippen LogP) is 3.66. The van der Waals surface area contributed by atoms with Crippen LogP contribution in [0.1, 0.15) is 54.4 Å². The summed E-state index contributed by atoms with van der Waals surface area (Å²) in [6.45, 7) is 9.98. The molecule has 0 radical (unpaired) electrons. The zero-order chi connectivity index (χ0) is 21.1. The van der Waals surface area contributed by atoms with Crippen molar-refractivity contribution in [2.45, 2.75) is 58.0 Å². The van der Waals surface area contributed by atoms with Crippen LogP contribution in [0.3, 0.4) is 0 Å². The van der Waals surface area contributed by atoms with Gasteiger partial charge in [0.05, 0.1) is 17.0 Å². The van der Waals surface area contributed by atoms with Crippen molar-refractivity contribution >= 4 is 11.6 Å². The van der Waals surface area contributed by atoms with Crippen molar-refractivity contribution in [1.29, 1.82) is 0 Å². The van der Waals surface area contributed by atoms with Crippen molar-refractivity contribution in [2.24, 2.45) is 0 Å². The van der Waals surface area contributed by atoms with Crippen LogP contribution in [0.15, 0.2) is 36.7 Å². The third-order valence-corrected chi connectivity index (χ3v) is 6.97. The lowest BCUT2D eigenvalue weighted by Crippen LogP contribution is -2.57. The third-order valence-electron chi connectivity index (χ3n) is 6.97. The van der Waals surface area contributed by atoms with Gasteiger partial charge in [-0.1, -0.05) is 18.2 Å². The molecule has 0 spiro atoms. The molecule has 0 bridgehead atoms. The smallest absolute Gasteiger partial charge is 0.257 e. The summed E-state index contributed by atoms with van der Waals surface area (Å²) in [6.07, 6.45) is 5.88. The molecule has 0 aliphatic carbocycles. The van der Waals surface area contributed by atoms with Crippen LogP contribution in [0, 0.1) is 13.8 Å². The molecule has 0 unspecified atom stereocenters. The molecule has 1 aromatic heterocycles. The molecular weight excluding hydrogens is 374 g/mol. The van der Waals surface area contributed by atoms with E-state index in [2.05, 4.69) is 57.4 Å². The highest BCUT2D eigenvalue weighted by Crippen LogP contribution is 2.32. The van der Waals surface area contributed by atoms with Crippen molar-refractivity contribution in [1.82, 2.24) is 19.8 Å². The molecule has 0 saturated carbocycles. The van der Waals surface area contributed by atoms with Crippen molar-refractivity contribution in [3.8, 4) is 0 Å². The molecule has 4 rings (SSSR count). The Bertz CT molecular complexity index is 848. The summed E-state index contributed by atoms with van der Waals surface area (Å²) in [6, 6.07) is 11.0. The Morgan fingerprint density at radius 3 is 2.20 bits per heavy atom. The average Bonchev–Trinajstić information content (AvgIpc) is 2.75. The molecular formula is C24H33N5O. The molecule has 2 aliphatic heterocycles. The quantitative estimate of drug-likeness (QED) is 0.838. The summed E-state index contributed by atoms with van der Waals surface area (Å²) < 4.78 is 0. The maximum atomic E-state index is 13.1. The molecule has 3 heterocycles. The number of benzene rings is 1. The highest BCUT2D eigenvalue weighted by atomic mass is 16.2. The first-order valence-corrected chi connectivity index (χ1v) is 11.1. The molecule has 0 atom stereocenters. The highest BCUT2D eigenvalue weighted by molar-refractivity contribution is 5.96. The molecule has 1 aromatic carbocycles. The number of aryl methyl sites for hydroxylation is 2. The van der Waals surface area contributed by atoms with Crippen LogP contribution >= 0.6 is 0 Å². The fourth-order valence-corrected chi connectivity index (χ4v) is 4.90. The summed E-state index contributed by atoms with van der Waals surface area (Å²) in [5.74, 6) is 0.0819. The Morgan fingerprint density at radius 2 is 1.60 bits per heavy atom. The maximum absolute atomic E-state index is 13.1. The van der Waals surface area contributed by atoms with E-state index >= 15 is 0 Å². The molecule has 2 saturated heterocycles. The minimum absolute atomic E-state index is 0.0819. The Balaban J connectivity index is 1.32. The molecule has 2 aliphatic rings. The Labute approximate surface area is 179 Å². The van der Waals surface area contributed by atoms with Crippen LogP contribution < -0.4 is 5.32 Å². The van der Waals surface area contributed by atoms with Crippen LogP contribution in [0.4, 0.5) is 5.69 Å². The summed E-state index contributed by atoms with van der Waals surface area (Å²) in [7, 11) is 0. The van der Waals surface area contributed by atoms with Crippen molar-refractivity contribution < 1.29 is 4.79 Å². The number of carbonyl (C=O) groups is 1. The topological polar surface area (TPSA) is 61.4 Å². The van der Waals surface area contributed by atoms with Crippen LogP contribution in [0.5, 0.6) is 0 Å². The Hall–Kier alpha value is -2.47. The van der Waals surface area contributed by atoms with E-state index in [0.29, 0.717) is 11.6 Å². The molecule has 1 N–H and O–H groups in total. The number of piperidine rings is 2. The second-order valence-electron chi connectivity index (χ2n) is 8.98. The lowest BCUT2D eigenvalue weighted by atomic mass is 9.85. The lowest BCUT2D eigenvalue weighted by molar-refractivity contribution is 0.0186. The van der Waals surface area contributed by atoms with Gasteiger partial charge in [0, 0.05) is 43.4 Å². The summed E-state index contributed by atoms with van der Waals surface area (Å²) in [5, 5.41) is 3.68. The summed E-state index contributed by atoms with van der Waals surface area (Å²) >= 11 is 0. The van der Waals surface area contributed by atoms with Crippen LogP contribution in [0.2, 0.25) is 0 Å². The highest BCUT2D eigenvalue weighted by Gasteiger charge is 2.39. The van der Waals surface area contributed by atoms with E-state index < -0.39 is 0 Å². The molecule has 2 fully saturated rings. The van der Waals surface area contributed by atoms with Gasteiger partial charge in [0.1, 0.15) is 6.33 Å². The van der Waals surface area contributed by atoms with Gasteiger partial charge < -0.3 is 10.2 Å². The third kappa shape index (κ3) is 4.33. The van der Waals surface area contributed by atoms with E-state index in [1.54, 1.807) is 0 Å². The predicted molar refractivity (Wildman–Crippen MR) is 120 cm³/mol. The Morgan fingerprint density at radius 1 is 1.00 bits per heavy atom. The zero-order valence-corrected chi connectivity index (χ0v) is 18.4. The standard InChI is InChI=1S/C24H33N5O/c1-18-22(19(2)26-17-25-18)23(30)28-15-11-24(3,12-16-28)29-13-9-21(10-14-29)27-20-7-5-4-6-8-20/h4-8,17,21,27H,9-16H2,1-3H3. The van der Waals surface area contributed by atoms with E-state index in [1.807, 2.05) is 18.7 Å². The molecule has 2 aromatic rings. The molecule has 1 amide bonds. The number of anilines is 1. The first-order valence-electron chi connectivity index (χ1n) is 11.1. The van der Waals surface area contributed by atoms with E-state index in [9.17, 15) is 4.79 Å². The van der Waals surface area contributed by atoms with Gasteiger partial charge in [-0.05, 0) is 58.6 Å². The number of likely N-dealkylation sites (tertiary alicyclic amines) is 2. The van der Waals surface area contributed by atoms with Gasteiger partial charge in [0.25, 0.3) is 5.91 Å². The minimum atomic E-state index is 0.0819. The molecule has 160 valence electrons. The second-order valence-corrected chi connectivity index (χ2v) is 8.98. The number of hydrogen-bond donors (Lipinski definition) is 1. The van der Waals surface area contributed by atoms with Crippen LogP contribution in [-0.4, -0.2) is 63.4 Å². The number of hydrogen-bond acceptors (Lipinski definition) is 5.